The van der Waals surface area contributed by atoms with Gasteiger partial charge in [-0.2, -0.15) is 10.2 Å². The molecule has 1 N–H and O–H groups in total. The van der Waals surface area contributed by atoms with Crippen molar-refractivity contribution in [2.75, 3.05) is 0 Å². The zero-order chi connectivity index (χ0) is 12.0. The van der Waals surface area contributed by atoms with E-state index in [1.54, 1.807) is 17.1 Å². The molecular formula is C10H8ClN5O. The standard InChI is InChI=1S/C10H8ClN5O/c1-15-3-6(2-13-15)7-4-16-9(8(7)11)10(17)12-5-14-16/h2-5H,1H3,(H,12,14,17). The lowest BCUT2D eigenvalue weighted by Crippen LogP contribution is -2.09. The van der Waals surface area contributed by atoms with Crippen LogP contribution in [-0.4, -0.2) is 24.4 Å². The number of hydrogen-bond donors (Lipinski definition) is 1. The van der Waals surface area contributed by atoms with Gasteiger partial charge in [0.05, 0.1) is 11.2 Å². The van der Waals surface area contributed by atoms with Gasteiger partial charge in [-0.3, -0.25) is 9.48 Å². The molecule has 0 saturated carbocycles. The number of aryl methyl sites for hydroxylation is 1. The molecule has 0 aromatic carbocycles. The minimum absolute atomic E-state index is 0.264. The predicted molar refractivity (Wildman–Crippen MR) is 63.0 cm³/mol. The van der Waals surface area contributed by atoms with Gasteiger partial charge in [0, 0.05) is 30.6 Å². The van der Waals surface area contributed by atoms with Crippen molar-refractivity contribution in [3.05, 3.63) is 40.3 Å². The normalized spacial score (nSPS) is 11.2. The minimum Gasteiger partial charge on any atom is -0.310 e. The van der Waals surface area contributed by atoms with Crippen molar-refractivity contribution in [2.24, 2.45) is 7.05 Å². The molecule has 6 nitrogen and oxygen atoms in total. The molecule has 3 aromatic rings. The topological polar surface area (TPSA) is 68.0 Å². The molecule has 0 aliphatic heterocycles. The monoisotopic (exact) mass is 249 g/mol. The third-order valence-corrected chi connectivity index (χ3v) is 2.92. The summed E-state index contributed by atoms with van der Waals surface area (Å²) < 4.78 is 3.13. The maximum absolute atomic E-state index is 11.6. The van der Waals surface area contributed by atoms with Gasteiger partial charge in [-0.05, 0) is 0 Å². The van der Waals surface area contributed by atoms with Crippen LogP contribution in [0.5, 0.6) is 0 Å². The van der Waals surface area contributed by atoms with Gasteiger partial charge >= 0.3 is 0 Å². The van der Waals surface area contributed by atoms with Crippen LogP contribution in [0.2, 0.25) is 5.02 Å². The maximum atomic E-state index is 11.6. The summed E-state index contributed by atoms with van der Waals surface area (Å²) in [6.07, 6.45) is 6.56. The number of aromatic nitrogens is 5. The average Bonchev–Trinajstić information content (AvgIpc) is 2.84. The van der Waals surface area contributed by atoms with E-state index in [1.807, 2.05) is 13.2 Å². The summed E-state index contributed by atoms with van der Waals surface area (Å²) in [5.74, 6) is 0. The summed E-state index contributed by atoms with van der Waals surface area (Å²) in [7, 11) is 1.82. The van der Waals surface area contributed by atoms with Gasteiger partial charge in [0.15, 0.2) is 0 Å². The molecule has 0 radical (unpaired) electrons. The lowest BCUT2D eigenvalue weighted by molar-refractivity contribution is 0.768. The Balaban J connectivity index is 2.35. The number of rotatable bonds is 1. The average molecular weight is 250 g/mol. The van der Waals surface area contributed by atoms with Crippen LogP contribution < -0.4 is 5.56 Å². The molecule has 17 heavy (non-hydrogen) atoms. The van der Waals surface area contributed by atoms with Crippen molar-refractivity contribution in [2.45, 2.75) is 0 Å². The minimum atomic E-state index is -0.264. The van der Waals surface area contributed by atoms with Crippen molar-refractivity contribution in [3.8, 4) is 11.1 Å². The van der Waals surface area contributed by atoms with E-state index in [-0.39, 0.29) is 5.56 Å². The Kier molecular flexibility index (Phi) is 2.05. The number of nitrogens with zero attached hydrogens (tertiary/aromatic N) is 4. The van der Waals surface area contributed by atoms with Crippen LogP contribution in [0.3, 0.4) is 0 Å². The molecule has 3 heterocycles. The fourth-order valence-electron chi connectivity index (χ4n) is 1.75. The summed E-state index contributed by atoms with van der Waals surface area (Å²) >= 11 is 6.19. The summed E-state index contributed by atoms with van der Waals surface area (Å²) in [6, 6.07) is 0. The molecule has 3 rings (SSSR count). The van der Waals surface area contributed by atoms with Crippen LogP contribution in [0.4, 0.5) is 0 Å². The molecule has 86 valence electrons. The van der Waals surface area contributed by atoms with Gasteiger partial charge in [-0.25, -0.2) is 4.52 Å². The van der Waals surface area contributed by atoms with Crippen molar-refractivity contribution in [3.63, 3.8) is 0 Å². The molecule has 3 aromatic heterocycles. The highest BCUT2D eigenvalue weighted by Gasteiger charge is 2.14. The molecule has 0 saturated heterocycles. The zero-order valence-electron chi connectivity index (χ0n) is 8.88. The summed E-state index contributed by atoms with van der Waals surface area (Å²) in [6.45, 7) is 0. The largest absolute Gasteiger partial charge is 0.310 e. The number of aromatic amines is 1. The van der Waals surface area contributed by atoms with Crippen molar-refractivity contribution in [1.29, 1.82) is 0 Å². The summed E-state index contributed by atoms with van der Waals surface area (Å²) in [5, 5.41) is 8.46. The quantitative estimate of drug-likeness (QED) is 0.702. The van der Waals surface area contributed by atoms with E-state index in [9.17, 15) is 4.79 Å². The Morgan fingerprint density at radius 2 is 2.18 bits per heavy atom. The van der Waals surface area contributed by atoms with Crippen molar-refractivity contribution < 1.29 is 0 Å². The molecule has 0 aliphatic rings. The van der Waals surface area contributed by atoms with Gasteiger partial charge < -0.3 is 4.98 Å². The molecule has 0 atom stereocenters. The van der Waals surface area contributed by atoms with Crippen molar-refractivity contribution in [1.82, 2.24) is 24.4 Å². The van der Waals surface area contributed by atoms with E-state index in [2.05, 4.69) is 15.2 Å². The number of hydrogen-bond acceptors (Lipinski definition) is 3. The van der Waals surface area contributed by atoms with Gasteiger partial charge in [-0.1, -0.05) is 11.6 Å². The molecule has 0 amide bonds. The molecule has 7 heteroatoms. The van der Waals surface area contributed by atoms with Crippen LogP contribution >= 0.6 is 11.6 Å². The number of nitrogens with one attached hydrogen (secondary N) is 1. The van der Waals surface area contributed by atoms with Crippen LogP contribution in [0.1, 0.15) is 0 Å². The highest BCUT2D eigenvalue weighted by atomic mass is 35.5. The second kappa shape index (κ2) is 3.46. The highest BCUT2D eigenvalue weighted by Crippen LogP contribution is 2.30. The molecule has 0 spiro atoms. The lowest BCUT2D eigenvalue weighted by Gasteiger charge is -1.91. The molecular weight excluding hydrogens is 242 g/mol. The first kappa shape index (κ1) is 10.1. The smallest absolute Gasteiger partial charge is 0.276 e. The van der Waals surface area contributed by atoms with Crippen molar-refractivity contribution >= 4 is 17.1 Å². The van der Waals surface area contributed by atoms with Crippen LogP contribution in [0.25, 0.3) is 16.6 Å². The third-order valence-electron chi connectivity index (χ3n) is 2.53. The van der Waals surface area contributed by atoms with Gasteiger partial charge in [-0.15, -0.1) is 0 Å². The lowest BCUT2D eigenvalue weighted by atomic mass is 10.2. The van der Waals surface area contributed by atoms with Gasteiger partial charge in [0.1, 0.15) is 11.8 Å². The molecule has 0 unspecified atom stereocenters. The Hall–Kier alpha value is -2.08. The Labute approximate surface area is 100 Å². The first-order chi connectivity index (χ1) is 8.16. The highest BCUT2D eigenvalue weighted by molar-refractivity contribution is 6.36. The van der Waals surface area contributed by atoms with E-state index in [0.717, 1.165) is 11.1 Å². The fourth-order valence-corrected chi connectivity index (χ4v) is 2.08. The summed E-state index contributed by atoms with van der Waals surface area (Å²) in [4.78, 5) is 14.1. The first-order valence-electron chi connectivity index (χ1n) is 4.90. The maximum Gasteiger partial charge on any atom is 0.276 e. The SMILES string of the molecule is Cn1cc(-c2cn3nc[nH]c(=O)c3c2Cl)cn1. The van der Waals surface area contributed by atoms with Gasteiger partial charge in [0.25, 0.3) is 5.56 Å². The number of fused-ring (bicyclic) bond motifs is 1. The Morgan fingerprint density at radius 3 is 2.82 bits per heavy atom. The zero-order valence-corrected chi connectivity index (χ0v) is 9.64. The van der Waals surface area contributed by atoms with E-state index in [1.165, 1.54) is 10.8 Å². The van der Waals surface area contributed by atoms with E-state index in [4.69, 9.17) is 11.6 Å². The van der Waals surface area contributed by atoms with Gasteiger partial charge in [0.2, 0.25) is 0 Å². The second-order valence-corrected chi connectivity index (χ2v) is 4.05. The van der Waals surface area contributed by atoms with E-state index < -0.39 is 0 Å². The molecule has 0 fully saturated rings. The number of halogens is 1. The third kappa shape index (κ3) is 1.45. The van der Waals surface area contributed by atoms with Crippen LogP contribution in [0.15, 0.2) is 29.7 Å². The molecule has 0 bridgehead atoms. The Bertz CT molecular complexity index is 753. The summed E-state index contributed by atoms with van der Waals surface area (Å²) in [5.41, 5.74) is 1.67. The van der Waals surface area contributed by atoms with E-state index >= 15 is 0 Å². The molecule has 0 aliphatic carbocycles. The van der Waals surface area contributed by atoms with E-state index in [0.29, 0.717) is 10.5 Å². The first-order valence-corrected chi connectivity index (χ1v) is 5.28. The van der Waals surface area contributed by atoms with Crippen LogP contribution in [0, 0.1) is 0 Å². The fraction of sp³-hybridized carbons (Fsp3) is 0.100. The Morgan fingerprint density at radius 1 is 1.35 bits per heavy atom. The number of H-pyrrole nitrogens is 1. The predicted octanol–water partition coefficient (Wildman–Crippen LogP) is 1.08. The second-order valence-electron chi connectivity index (χ2n) is 3.67. The van der Waals surface area contributed by atoms with Crippen LogP contribution in [-0.2, 0) is 7.05 Å².